The predicted molar refractivity (Wildman–Crippen MR) is 91.6 cm³/mol. The lowest BCUT2D eigenvalue weighted by molar-refractivity contribution is 0.213. The molecule has 1 aromatic carbocycles. The number of anilines is 1. The SMILES string of the molecule is Cc1nn(C)cc1NC(=O)N1CCCC(c2ccccc2)CC1. The molecule has 1 N–H and O–H groups in total. The van der Waals surface area contributed by atoms with E-state index < -0.39 is 0 Å². The highest BCUT2D eigenvalue weighted by Crippen LogP contribution is 2.28. The van der Waals surface area contributed by atoms with E-state index in [4.69, 9.17) is 0 Å². The first-order valence-electron chi connectivity index (χ1n) is 8.24. The van der Waals surface area contributed by atoms with Crippen molar-refractivity contribution in [1.82, 2.24) is 14.7 Å². The second-order valence-corrected chi connectivity index (χ2v) is 6.26. The van der Waals surface area contributed by atoms with Gasteiger partial charge in [-0.2, -0.15) is 5.10 Å². The Hall–Kier alpha value is -2.30. The number of nitrogens with one attached hydrogen (secondary N) is 1. The van der Waals surface area contributed by atoms with Gasteiger partial charge in [0, 0.05) is 26.3 Å². The first-order valence-corrected chi connectivity index (χ1v) is 8.24. The minimum Gasteiger partial charge on any atom is -0.325 e. The van der Waals surface area contributed by atoms with Gasteiger partial charge in [-0.25, -0.2) is 4.79 Å². The van der Waals surface area contributed by atoms with E-state index in [2.05, 4.69) is 40.7 Å². The maximum atomic E-state index is 12.5. The van der Waals surface area contributed by atoms with Crippen LogP contribution in [0.5, 0.6) is 0 Å². The quantitative estimate of drug-likeness (QED) is 0.922. The molecule has 1 aromatic heterocycles. The van der Waals surface area contributed by atoms with Gasteiger partial charge >= 0.3 is 6.03 Å². The summed E-state index contributed by atoms with van der Waals surface area (Å²) >= 11 is 0. The maximum Gasteiger partial charge on any atom is 0.321 e. The summed E-state index contributed by atoms with van der Waals surface area (Å²) in [6, 6.07) is 10.6. The summed E-state index contributed by atoms with van der Waals surface area (Å²) in [6.45, 7) is 3.52. The van der Waals surface area contributed by atoms with E-state index in [0.29, 0.717) is 5.92 Å². The smallest absolute Gasteiger partial charge is 0.321 e. The average Bonchev–Trinajstić information content (AvgIpc) is 2.76. The summed E-state index contributed by atoms with van der Waals surface area (Å²) in [4.78, 5) is 14.4. The van der Waals surface area contributed by atoms with Crippen molar-refractivity contribution in [2.24, 2.45) is 7.05 Å². The molecule has 5 nitrogen and oxygen atoms in total. The van der Waals surface area contributed by atoms with Crippen molar-refractivity contribution in [3.05, 3.63) is 47.8 Å². The Bertz CT molecular complexity index is 665. The molecule has 0 radical (unpaired) electrons. The normalized spacial score (nSPS) is 18.5. The summed E-state index contributed by atoms with van der Waals surface area (Å²) in [6.07, 6.45) is 5.04. The largest absolute Gasteiger partial charge is 0.325 e. The Morgan fingerprint density at radius 2 is 2.00 bits per heavy atom. The van der Waals surface area contributed by atoms with Gasteiger partial charge in [0.2, 0.25) is 0 Å². The molecule has 5 heteroatoms. The lowest BCUT2D eigenvalue weighted by atomic mass is 9.92. The van der Waals surface area contributed by atoms with E-state index in [-0.39, 0.29) is 6.03 Å². The third-order valence-corrected chi connectivity index (χ3v) is 4.54. The van der Waals surface area contributed by atoms with Crippen molar-refractivity contribution in [3.63, 3.8) is 0 Å². The van der Waals surface area contributed by atoms with Crippen molar-refractivity contribution >= 4 is 11.7 Å². The Kier molecular flexibility index (Phi) is 4.65. The zero-order chi connectivity index (χ0) is 16.2. The number of carbonyl (C=O) groups excluding carboxylic acids is 1. The molecule has 1 aliphatic heterocycles. The number of amides is 2. The van der Waals surface area contributed by atoms with Gasteiger partial charge in [-0.15, -0.1) is 0 Å². The van der Waals surface area contributed by atoms with E-state index in [1.165, 1.54) is 5.56 Å². The first kappa shape index (κ1) is 15.6. The highest BCUT2D eigenvalue weighted by atomic mass is 16.2. The van der Waals surface area contributed by atoms with Gasteiger partial charge < -0.3 is 10.2 Å². The zero-order valence-corrected chi connectivity index (χ0v) is 13.8. The van der Waals surface area contributed by atoms with Crippen LogP contribution in [-0.2, 0) is 7.05 Å². The van der Waals surface area contributed by atoms with Crippen molar-refractivity contribution < 1.29 is 4.79 Å². The van der Waals surface area contributed by atoms with Gasteiger partial charge in [0.15, 0.2) is 0 Å². The highest BCUT2D eigenvalue weighted by molar-refractivity contribution is 5.89. The highest BCUT2D eigenvalue weighted by Gasteiger charge is 2.22. The predicted octanol–water partition coefficient (Wildman–Crippen LogP) is 3.53. The molecule has 0 bridgehead atoms. The lowest BCUT2D eigenvalue weighted by Gasteiger charge is -2.21. The molecule has 122 valence electrons. The number of aromatic nitrogens is 2. The summed E-state index contributed by atoms with van der Waals surface area (Å²) < 4.78 is 1.72. The van der Waals surface area contributed by atoms with Crippen LogP contribution in [0.4, 0.5) is 10.5 Å². The molecular weight excluding hydrogens is 288 g/mol. The van der Waals surface area contributed by atoms with Crippen LogP contribution >= 0.6 is 0 Å². The Labute approximate surface area is 137 Å². The van der Waals surface area contributed by atoms with Crippen LogP contribution < -0.4 is 5.32 Å². The Morgan fingerprint density at radius 3 is 2.70 bits per heavy atom. The summed E-state index contributed by atoms with van der Waals surface area (Å²) in [5, 5.41) is 7.25. The number of carbonyl (C=O) groups is 1. The summed E-state index contributed by atoms with van der Waals surface area (Å²) in [7, 11) is 1.86. The molecule has 2 aromatic rings. The number of hydrogen-bond acceptors (Lipinski definition) is 2. The van der Waals surface area contributed by atoms with Crippen LogP contribution in [0.3, 0.4) is 0 Å². The fraction of sp³-hybridized carbons (Fsp3) is 0.444. The minimum atomic E-state index is -0.0187. The number of rotatable bonds is 2. The zero-order valence-electron chi connectivity index (χ0n) is 13.8. The number of nitrogens with zero attached hydrogens (tertiary/aromatic N) is 3. The van der Waals surface area contributed by atoms with Crippen LogP contribution in [0, 0.1) is 6.92 Å². The molecule has 3 rings (SSSR count). The topological polar surface area (TPSA) is 50.2 Å². The van der Waals surface area contributed by atoms with Crippen LogP contribution in [0.25, 0.3) is 0 Å². The fourth-order valence-corrected chi connectivity index (χ4v) is 3.27. The van der Waals surface area contributed by atoms with Crippen molar-refractivity contribution in [2.45, 2.75) is 32.1 Å². The second kappa shape index (κ2) is 6.86. The molecule has 0 aliphatic carbocycles. The standard InChI is InChI=1S/C18H24N4O/c1-14-17(13-21(2)20-14)19-18(23)22-11-6-9-16(10-12-22)15-7-4-3-5-8-15/h3-5,7-8,13,16H,6,9-12H2,1-2H3,(H,19,23). The molecule has 2 heterocycles. The van der Waals surface area contributed by atoms with Crippen LogP contribution in [0.1, 0.15) is 36.4 Å². The second-order valence-electron chi connectivity index (χ2n) is 6.26. The van der Waals surface area contributed by atoms with Gasteiger partial charge in [-0.1, -0.05) is 30.3 Å². The van der Waals surface area contributed by atoms with E-state index in [9.17, 15) is 4.79 Å². The Balaban J connectivity index is 1.61. The summed E-state index contributed by atoms with van der Waals surface area (Å²) in [5.41, 5.74) is 3.03. The molecule has 0 spiro atoms. The molecule has 1 atom stereocenters. The van der Waals surface area contributed by atoms with E-state index in [1.54, 1.807) is 4.68 Å². The lowest BCUT2D eigenvalue weighted by Crippen LogP contribution is -2.35. The minimum absolute atomic E-state index is 0.0187. The maximum absolute atomic E-state index is 12.5. The molecule has 1 fully saturated rings. The van der Waals surface area contributed by atoms with Gasteiger partial charge in [-0.3, -0.25) is 4.68 Å². The van der Waals surface area contributed by atoms with Gasteiger partial charge in [0.05, 0.1) is 11.4 Å². The fourth-order valence-electron chi connectivity index (χ4n) is 3.27. The van der Waals surface area contributed by atoms with Gasteiger partial charge in [0.25, 0.3) is 0 Å². The van der Waals surface area contributed by atoms with Gasteiger partial charge in [0.1, 0.15) is 0 Å². The summed E-state index contributed by atoms with van der Waals surface area (Å²) in [5.74, 6) is 0.550. The van der Waals surface area contributed by atoms with E-state index >= 15 is 0 Å². The van der Waals surface area contributed by atoms with Crippen LogP contribution in [0.15, 0.2) is 36.5 Å². The third kappa shape index (κ3) is 3.73. The van der Waals surface area contributed by atoms with Gasteiger partial charge in [-0.05, 0) is 37.7 Å². The van der Waals surface area contributed by atoms with Crippen molar-refractivity contribution in [3.8, 4) is 0 Å². The molecule has 0 saturated carbocycles. The number of aryl methyl sites for hydroxylation is 2. The number of likely N-dealkylation sites (tertiary alicyclic amines) is 1. The molecule has 1 saturated heterocycles. The molecule has 1 unspecified atom stereocenters. The van der Waals surface area contributed by atoms with Crippen molar-refractivity contribution in [1.29, 1.82) is 0 Å². The van der Waals surface area contributed by atoms with E-state index in [1.807, 2.05) is 25.1 Å². The number of hydrogen-bond donors (Lipinski definition) is 1. The number of urea groups is 1. The van der Waals surface area contributed by atoms with E-state index in [0.717, 1.165) is 43.7 Å². The monoisotopic (exact) mass is 312 g/mol. The molecule has 1 aliphatic rings. The van der Waals surface area contributed by atoms with Crippen LogP contribution in [0.2, 0.25) is 0 Å². The molecule has 2 amide bonds. The average molecular weight is 312 g/mol. The Morgan fingerprint density at radius 1 is 1.22 bits per heavy atom. The molecular formula is C18H24N4O. The van der Waals surface area contributed by atoms with Crippen LogP contribution in [-0.4, -0.2) is 33.8 Å². The van der Waals surface area contributed by atoms with Crippen molar-refractivity contribution in [2.75, 3.05) is 18.4 Å². The number of benzene rings is 1. The third-order valence-electron chi connectivity index (χ3n) is 4.54. The molecule has 23 heavy (non-hydrogen) atoms. The first-order chi connectivity index (χ1) is 11.1.